The van der Waals surface area contributed by atoms with Gasteiger partial charge in [-0.25, -0.2) is 0 Å². The Morgan fingerprint density at radius 2 is 2.20 bits per heavy atom. The van der Waals surface area contributed by atoms with E-state index in [1.54, 1.807) is 10.8 Å². The maximum Gasteiger partial charge on any atom is 0.139 e. The second kappa shape index (κ2) is 9.06. The highest BCUT2D eigenvalue weighted by molar-refractivity contribution is 8.74. The van der Waals surface area contributed by atoms with E-state index in [1.807, 2.05) is 0 Å². The highest BCUT2D eigenvalue weighted by Crippen LogP contribution is 2.20. The Balaban J connectivity index is 2.96. The standard InChI is InChI=1S/C7H12OS2/c1-3-5-6-7-8-10-9-4-2/h3-5H2,1-2H3. The van der Waals surface area contributed by atoms with E-state index in [2.05, 4.69) is 25.9 Å². The summed E-state index contributed by atoms with van der Waals surface area (Å²) in [6.07, 6.45) is 4.64. The number of hydrogen-bond donors (Lipinski definition) is 0. The van der Waals surface area contributed by atoms with Gasteiger partial charge in [0.05, 0.1) is 0 Å². The van der Waals surface area contributed by atoms with Crippen LogP contribution in [0, 0.1) is 12.0 Å². The third kappa shape index (κ3) is 8.06. The summed E-state index contributed by atoms with van der Waals surface area (Å²) in [5.41, 5.74) is 0. The molecule has 0 heterocycles. The summed E-state index contributed by atoms with van der Waals surface area (Å²) in [6, 6.07) is 0. The van der Waals surface area contributed by atoms with E-state index in [-0.39, 0.29) is 0 Å². The zero-order chi connectivity index (χ0) is 7.66. The first-order chi connectivity index (χ1) is 4.91. The molecule has 0 aliphatic heterocycles. The van der Waals surface area contributed by atoms with Crippen LogP contribution in [-0.2, 0) is 4.18 Å². The van der Waals surface area contributed by atoms with E-state index < -0.39 is 0 Å². The molecule has 0 spiro atoms. The minimum absolute atomic E-state index is 0.928. The molecule has 58 valence electrons. The first-order valence-electron chi connectivity index (χ1n) is 3.34. The molecule has 0 bridgehead atoms. The molecule has 0 atom stereocenters. The molecule has 10 heavy (non-hydrogen) atoms. The molecule has 0 aromatic heterocycles. The zero-order valence-electron chi connectivity index (χ0n) is 6.35. The first-order valence-corrected chi connectivity index (χ1v) is 5.59. The molecule has 0 aromatic carbocycles. The summed E-state index contributed by atoms with van der Waals surface area (Å²) in [5.74, 6) is 3.94. The molecule has 0 aliphatic carbocycles. The largest absolute Gasteiger partial charge is 0.364 e. The second-order valence-corrected chi connectivity index (χ2v) is 3.82. The van der Waals surface area contributed by atoms with Crippen molar-refractivity contribution in [1.29, 1.82) is 0 Å². The van der Waals surface area contributed by atoms with Crippen LogP contribution in [-0.4, -0.2) is 5.75 Å². The Bertz CT molecular complexity index is 115. The highest BCUT2D eigenvalue weighted by Gasteiger charge is 1.81. The van der Waals surface area contributed by atoms with Gasteiger partial charge in [0, 0.05) is 12.2 Å². The molecular weight excluding hydrogens is 164 g/mol. The van der Waals surface area contributed by atoms with E-state index in [1.165, 1.54) is 11.1 Å². The smallest absolute Gasteiger partial charge is 0.139 e. The van der Waals surface area contributed by atoms with Gasteiger partial charge in [-0.2, -0.15) is 0 Å². The van der Waals surface area contributed by atoms with Crippen molar-refractivity contribution < 1.29 is 4.18 Å². The van der Waals surface area contributed by atoms with Crippen LogP contribution in [0.4, 0.5) is 0 Å². The van der Waals surface area contributed by atoms with Crippen molar-refractivity contribution in [3.05, 3.63) is 0 Å². The molecule has 0 N–H and O–H groups in total. The van der Waals surface area contributed by atoms with Gasteiger partial charge in [-0.3, -0.25) is 0 Å². The molecule has 0 rings (SSSR count). The van der Waals surface area contributed by atoms with Crippen LogP contribution in [0.1, 0.15) is 26.7 Å². The van der Waals surface area contributed by atoms with Gasteiger partial charge in [0.1, 0.15) is 17.2 Å². The normalized spacial score (nSPS) is 8.20. The van der Waals surface area contributed by atoms with Crippen molar-refractivity contribution in [2.24, 2.45) is 0 Å². The Morgan fingerprint density at radius 3 is 2.80 bits per heavy atom. The molecule has 0 unspecified atom stereocenters. The molecule has 0 radical (unpaired) electrons. The maximum atomic E-state index is 4.89. The van der Waals surface area contributed by atoms with Crippen molar-refractivity contribution in [3.8, 4) is 12.0 Å². The van der Waals surface area contributed by atoms with Crippen LogP contribution in [0.25, 0.3) is 0 Å². The van der Waals surface area contributed by atoms with E-state index in [0.29, 0.717) is 0 Å². The van der Waals surface area contributed by atoms with E-state index in [9.17, 15) is 0 Å². The second-order valence-electron chi connectivity index (χ2n) is 1.59. The van der Waals surface area contributed by atoms with E-state index >= 15 is 0 Å². The summed E-state index contributed by atoms with van der Waals surface area (Å²) < 4.78 is 4.89. The average molecular weight is 176 g/mol. The molecule has 0 aliphatic rings. The first kappa shape index (κ1) is 10.1. The van der Waals surface area contributed by atoms with Crippen LogP contribution in [0.2, 0.25) is 0 Å². The fourth-order valence-electron chi connectivity index (χ4n) is 0.295. The Kier molecular flexibility index (Phi) is 9.11. The molecule has 0 saturated heterocycles. The van der Waals surface area contributed by atoms with E-state index in [0.717, 1.165) is 18.6 Å². The minimum Gasteiger partial charge on any atom is -0.364 e. The van der Waals surface area contributed by atoms with Gasteiger partial charge in [0.25, 0.3) is 0 Å². The summed E-state index contributed by atoms with van der Waals surface area (Å²) in [5, 5.41) is 0. The van der Waals surface area contributed by atoms with Crippen molar-refractivity contribution in [1.82, 2.24) is 0 Å². The minimum atomic E-state index is 0.928. The average Bonchev–Trinajstić information content (AvgIpc) is 1.97. The van der Waals surface area contributed by atoms with Crippen molar-refractivity contribution in [2.45, 2.75) is 26.7 Å². The van der Waals surface area contributed by atoms with Gasteiger partial charge < -0.3 is 4.18 Å². The third-order valence-electron chi connectivity index (χ3n) is 0.689. The van der Waals surface area contributed by atoms with Crippen LogP contribution in [0.15, 0.2) is 0 Å². The Hall–Kier alpha value is 0.0600. The van der Waals surface area contributed by atoms with Gasteiger partial charge in [0.2, 0.25) is 0 Å². The van der Waals surface area contributed by atoms with Crippen molar-refractivity contribution in [2.75, 3.05) is 5.75 Å². The molecule has 3 heteroatoms. The van der Waals surface area contributed by atoms with E-state index in [4.69, 9.17) is 4.18 Å². The number of unbranched alkanes of at least 4 members (excludes halogenated alkanes) is 1. The number of hydrogen-bond acceptors (Lipinski definition) is 3. The maximum absolute atomic E-state index is 4.89. The van der Waals surface area contributed by atoms with Crippen LogP contribution >= 0.6 is 21.9 Å². The van der Waals surface area contributed by atoms with Crippen LogP contribution in [0.3, 0.4) is 0 Å². The Morgan fingerprint density at radius 1 is 1.40 bits per heavy atom. The van der Waals surface area contributed by atoms with Gasteiger partial charge >= 0.3 is 0 Å². The lowest BCUT2D eigenvalue weighted by Crippen LogP contribution is -1.65. The summed E-state index contributed by atoms with van der Waals surface area (Å²) in [4.78, 5) is 0. The summed E-state index contributed by atoms with van der Waals surface area (Å²) >= 11 is 1.35. The molecular formula is C7H12OS2. The SMILES string of the molecule is CCCC#COSSCC. The monoisotopic (exact) mass is 176 g/mol. The number of rotatable bonds is 4. The quantitative estimate of drug-likeness (QED) is 0.282. The highest BCUT2D eigenvalue weighted by atomic mass is 33.1. The fraction of sp³-hybridized carbons (Fsp3) is 0.714. The molecule has 0 fully saturated rings. The molecule has 1 nitrogen and oxygen atoms in total. The summed E-state index contributed by atoms with van der Waals surface area (Å²) in [7, 11) is 1.66. The van der Waals surface area contributed by atoms with Gasteiger partial charge in [-0.15, -0.1) is 0 Å². The topological polar surface area (TPSA) is 9.23 Å². The van der Waals surface area contributed by atoms with Gasteiger partial charge in [-0.1, -0.05) is 30.6 Å². The summed E-state index contributed by atoms with van der Waals surface area (Å²) in [6.45, 7) is 4.18. The predicted octanol–water partition coefficient (Wildman–Crippen LogP) is 3.08. The van der Waals surface area contributed by atoms with Gasteiger partial charge in [-0.05, 0) is 6.42 Å². The third-order valence-corrected chi connectivity index (χ3v) is 2.37. The molecule has 0 aromatic rings. The predicted molar refractivity (Wildman–Crippen MR) is 49.5 cm³/mol. The molecule has 0 amide bonds. The lowest BCUT2D eigenvalue weighted by Gasteiger charge is -1.88. The lowest BCUT2D eigenvalue weighted by molar-refractivity contribution is 0.619. The van der Waals surface area contributed by atoms with Crippen molar-refractivity contribution in [3.63, 3.8) is 0 Å². The zero-order valence-corrected chi connectivity index (χ0v) is 7.98. The lowest BCUT2D eigenvalue weighted by atomic mass is 10.4. The molecule has 0 saturated carbocycles. The van der Waals surface area contributed by atoms with Gasteiger partial charge in [0.15, 0.2) is 0 Å². The van der Waals surface area contributed by atoms with Crippen molar-refractivity contribution >= 4 is 21.9 Å². The van der Waals surface area contributed by atoms with Crippen LogP contribution in [0.5, 0.6) is 0 Å². The fourth-order valence-corrected chi connectivity index (χ4v) is 1.07. The van der Waals surface area contributed by atoms with Crippen LogP contribution < -0.4 is 0 Å². The Labute approximate surface area is 70.9 Å².